The number of nitrogens with zero attached hydrogens (tertiary/aromatic N) is 1. The third-order valence-corrected chi connectivity index (χ3v) is 3.96. The van der Waals surface area contributed by atoms with Crippen LogP contribution in [-0.2, 0) is 4.79 Å². The second-order valence-electron chi connectivity index (χ2n) is 5.31. The number of carboxylic acids is 1. The maximum Gasteiger partial charge on any atom is 0.329 e. The number of pyridine rings is 1. The Balaban J connectivity index is 2.09. The smallest absolute Gasteiger partial charge is 0.329 e. The number of amides is 1. The maximum absolute atomic E-state index is 11.6. The molecule has 0 spiro atoms. The molecule has 0 radical (unpaired) electrons. The van der Waals surface area contributed by atoms with Gasteiger partial charge >= 0.3 is 5.97 Å². The van der Waals surface area contributed by atoms with Crippen LogP contribution in [0.2, 0.25) is 0 Å². The van der Waals surface area contributed by atoms with Crippen molar-refractivity contribution >= 4 is 28.6 Å². The zero-order chi connectivity index (χ0) is 15.0. The molecule has 0 bridgehead atoms. The molecule has 1 fully saturated rings. The summed E-state index contributed by atoms with van der Waals surface area (Å²) in [5.41, 5.74) is 5.25. The summed E-state index contributed by atoms with van der Waals surface area (Å²) in [7, 11) is 0. The Labute approximate surface area is 121 Å². The van der Waals surface area contributed by atoms with Crippen LogP contribution in [0.15, 0.2) is 30.3 Å². The third kappa shape index (κ3) is 2.18. The summed E-state index contributed by atoms with van der Waals surface area (Å²) in [6, 6.07) is 8.95. The first kappa shape index (κ1) is 13.4. The fraction of sp³-hybridized carbons (Fsp3) is 0.267. The van der Waals surface area contributed by atoms with E-state index in [-0.39, 0.29) is 11.4 Å². The van der Waals surface area contributed by atoms with E-state index in [1.165, 1.54) is 0 Å². The second kappa shape index (κ2) is 4.73. The average Bonchev–Trinajstić information content (AvgIpc) is 2.41. The zero-order valence-electron chi connectivity index (χ0n) is 11.3. The first-order chi connectivity index (χ1) is 10.0. The van der Waals surface area contributed by atoms with Crippen molar-refractivity contribution in [3.05, 3.63) is 35.9 Å². The molecule has 1 aromatic heterocycles. The van der Waals surface area contributed by atoms with Gasteiger partial charge in [0.05, 0.1) is 11.1 Å². The number of aliphatic carboxylic acids is 1. The van der Waals surface area contributed by atoms with Gasteiger partial charge < -0.3 is 16.2 Å². The topological polar surface area (TPSA) is 105 Å². The van der Waals surface area contributed by atoms with Crippen LogP contribution in [0.3, 0.4) is 0 Å². The number of carboxylic acid groups (broad SMARTS) is 1. The molecular weight excluding hydrogens is 270 g/mol. The van der Waals surface area contributed by atoms with Gasteiger partial charge in [0, 0.05) is 5.39 Å². The first-order valence-corrected chi connectivity index (χ1v) is 6.73. The number of hydrogen-bond acceptors (Lipinski definition) is 4. The highest BCUT2D eigenvalue weighted by atomic mass is 16.4. The minimum absolute atomic E-state index is 0.209. The number of benzene rings is 1. The predicted octanol–water partition coefficient (Wildman–Crippen LogP) is 1.75. The summed E-state index contributed by atoms with van der Waals surface area (Å²) in [6.45, 7) is 0. The molecule has 1 heterocycles. The van der Waals surface area contributed by atoms with E-state index in [4.69, 9.17) is 5.73 Å². The van der Waals surface area contributed by atoms with Gasteiger partial charge in [-0.15, -0.1) is 0 Å². The monoisotopic (exact) mass is 285 g/mol. The molecule has 1 aliphatic carbocycles. The summed E-state index contributed by atoms with van der Waals surface area (Å²) in [4.78, 5) is 27.4. The average molecular weight is 285 g/mol. The molecule has 0 atom stereocenters. The van der Waals surface area contributed by atoms with Crippen molar-refractivity contribution in [2.24, 2.45) is 5.73 Å². The van der Waals surface area contributed by atoms with Crippen LogP contribution in [0.5, 0.6) is 0 Å². The van der Waals surface area contributed by atoms with Gasteiger partial charge in [-0.25, -0.2) is 9.78 Å². The van der Waals surface area contributed by atoms with E-state index in [0.29, 0.717) is 18.4 Å². The van der Waals surface area contributed by atoms with Crippen LogP contribution >= 0.6 is 0 Å². The molecule has 4 N–H and O–H groups in total. The van der Waals surface area contributed by atoms with Crippen molar-refractivity contribution < 1.29 is 14.7 Å². The Morgan fingerprint density at radius 1 is 1.29 bits per heavy atom. The lowest BCUT2D eigenvalue weighted by molar-refractivity contribution is -0.145. The SMILES string of the molecule is NC(=O)c1cc2ccccc2nc1NC1(C(=O)O)CCC1. The summed E-state index contributed by atoms with van der Waals surface area (Å²) in [5, 5.41) is 13.1. The minimum atomic E-state index is -1.04. The largest absolute Gasteiger partial charge is 0.480 e. The number of anilines is 1. The standard InChI is InChI=1S/C15H15N3O3/c16-12(19)10-8-9-4-1-2-5-11(9)17-13(10)18-15(14(20)21)6-3-7-15/h1-2,4-5,8H,3,6-7H2,(H2,16,19)(H,17,18)(H,20,21). The van der Waals surface area contributed by atoms with E-state index in [2.05, 4.69) is 10.3 Å². The van der Waals surface area contributed by atoms with Crippen molar-refractivity contribution in [3.8, 4) is 0 Å². The van der Waals surface area contributed by atoms with Crippen molar-refractivity contribution in [2.45, 2.75) is 24.8 Å². The highest BCUT2D eigenvalue weighted by Gasteiger charge is 2.45. The van der Waals surface area contributed by atoms with Gasteiger partial charge in [-0.2, -0.15) is 0 Å². The van der Waals surface area contributed by atoms with Gasteiger partial charge in [-0.05, 0) is 31.4 Å². The minimum Gasteiger partial charge on any atom is -0.480 e. The molecule has 1 aromatic carbocycles. The van der Waals surface area contributed by atoms with E-state index in [9.17, 15) is 14.7 Å². The maximum atomic E-state index is 11.6. The number of rotatable bonds is 4. The van der Waals surface area contributed by atoms with Crippen molar-refractivity contribution in [3.63, 3.8) is 0 Å². The van der Waals surface area contributed by atoms with Gasteiger partial charge in [0.15, 0.2) is 0 Å². The molecule has 3 rings (SSSR count). The summed E-state index contributed by atoms with van der Waals surface area (Å²) in [5.74, 6) is -1.32. The van der Waals surface area contributed by atoms with E-state index in [0.717, 1.165) is 11.8 Å². The Morgan fingerprint density at radius 3 is 2.57 bits per heavy atom. The fourth-order valence-corrected chi connectivity index (χ4v) is 2.55. The molecule has 21 heavy (non-hydrogen) atoms. The third-order valence-electron chi connectivity index (χ3n) is 3.96. The van der Waals surface area contributed by atoms with Gasteiger partial charge in [-0.1, -0.05) is 18.2 Å². The molecule has 0 unspecified atom stereocenters. The number of carbonyl (C=O) groups excluding carboxylic acids is 1. The van der Waals surface area contributed by atoms with E-state index < -0.39 is 17.4 Å². The number of para-hydroxylation sites is 1. The first-order valence-electron chi connectivity index (χ1n) is 6.73. The van der Waals surface area contributed by atoms with Crippen LogP contribution in [0.4, 0.5) is 5.82 Å². The quantitative estimate of drug-likeness (QED) is 0.793. The second-order valence-corrected chi connectivity index (χ2v) is 5.31. The molecule has 0 saturated heterocycles. The molecule has 6 nitrogen and oxygen atoms in total. The zero-order valence-corrected chi connectivity index (χ0v) is 11.3. The number of carbonyl (C=O) groups is 2. The number of aromatic nitrogens is 1. The predicted molar refractivity (Wildman–Crippen MR) is 78.1 cm³/mol. The summed E-state index contributed by atoms with van der Waals surface area (Å²) in [6.07, 6.45) is 1.85. The lowest BCUT2D eigenvalue weighted by Crippen LogP contribution is -2.52. The highest BCUT2D eigenvalue weighted by Crippen LogP contribution is 2.36. The number of nitrogens with two attached hydrogens (primary N) is 1. The van der Waals surface area contributed by atoms with E-state index >= 15 is 0 Å². The fourth-order valence-electron chi connectivity index (χ4n) is 2.55. The van der Waals surface area contributed by atoms with Crippen molar-refractivity contribution in [2.75, 3.05) is 5.32 Å². The highest BCUT2D eigenvalue weighted by molar-refractivity contribution is 6.02. The molecular formula is C15H15N3O3. The summed E-state index contributed by atoms with van der Waals surface area (Å²) < 4.78 is 0. The lowest BCUT2D eigenvalue weighted by atomic mass is 9.76. The van der Waals surface area contributed by atoms with E-state index in [1.807, 2.05) is 18.2 Å². The van der Waals surface area contributed by atoms with Gasteiger partial charge in [0.25, 0.3) is 5.91 Å². The molecule has 2 aromatic rings. The Morgan fingerprint density at radius 2 is 2.00 bits per heavy atom. The van der Waals surface area contributed by atoms with Crippen LogP contribution in [0.25, 0.3) is 10.9 Å². The molecule has 1 saturated carbocycles. The Bertz CT molecular complexity index is 738. The molecule has 108 valence electrons. The normalized spacial score (nSPS) is 16.2. The Kier molecular flexibility index (Phi) is 3.01. The number of fused-ring (bicyclic) bond motifs is 1. The number of hydrogen-bond donors (Lipinski definition) is 3. The van der Waals surface area contributed by atoms with Gasteiger partial charge in [0.2, 0.25) is 0 Å². The molecule has 0 aliphatic heterocycles. The van der Waals surface area contributed by atoms with E-state index in [1.54, 1.807) is 12.1 Å². The molecule has 1 aliphatic rings. The lowest BCUT2D eigenvalue weighted by Gasteiger charge is -2.39. The van der Waals surface area contributed by atoms with Crippen LogP contribution < -0.4 is 11.1 Å². The van der Waals surface area contributed by atoms with Crippen LogP contribution in [0.1, 0.15) is 29.6 Å². The molecule has 1 amide bonds. The van der Waals surface area contributed by atoms with Crippen LogP contribution in [0, 0.1) is 0 Å². The van der Waals surface area contributed by atoms with Gasteiger partial charge in [-0.3, -0.25) is 4.79 Å². The van der Waals surface area contributed by atoms with Crippen LogP contribution in [-0.4, -0.2) is 27.5 Å². The number of nitrogens with one attached hydrogen (secondary N) is 1. The Hall–Kier alpha value is -2.63. The summed E-state index contributed by atoms with van der Waals surface area (Å²) >= 11 is 0. The van der Waals surface area contributed by atoms with Crippen molar-refractivity contribution in [1.82, 2.24) is 4.98 Å². The number of primary amides is 1. The van der Waals surface area contributed by atoms with Crippen molar-refractivity contribution in [1.29, 1.82) is 0 Å². The van der Waals surface area contributed by atoms with Gasteiger partial charge in [0.1, 0.15) is 11.4 Å². The molecule has 6 heteroatoms.